The zero-order valence-electron chi connectivity index (χ0n) is 14.5. The van der Waals surface area contributed by atoms with Crippen molar-refractivity contribution in [2.24, 2.45) is 0 Å². The zero-order valence-corrected chi connectivity index (χ0v) is 14.5. The number of carbonyl (C=O) groups excluding carboxylic acids is 1. The molecule has 1 amide bonds. The smallest absolute Gasteiger partial charge is 0.407 e. The Bertz CT molecular complexity index is 527. The van der Waals surface area contributed by atoms with Gasteiger partial charge in [0.05, 0.1) is 12.1 Å². The summed E-state index contributed by atoms with van der Waals surface area (Å²) in [5, 5.41) is 15.8. The maximum Gasteiger partial charge on any atom is 0.407 e. The zero-order chi connectivity index (χ0) is 18.3. The Labute approximate surface area is 141 Å². The van der Waals surface area contributed by atoms with Crippen molar-refractivity contribution in [1.82, 2.24) is 10.6 Å². The minimum Gasteiger partial charge on any atom is -0.444 e. The number of amides is 1. The van der Waals surface area contributed by atoms with Crippen LogP contribution in [0.5, 0.6) is 0 Å². The highest BCUT2D eigenvalue weighted by molar-refractivity contribution is 5.68. The van der Waals surface area contributed by atoms with Crippen molar-refractivity contribution >= 4 is 6.09 Å². The summed E-state index contributed by atoms with van der Waals surface area (Å²) in [6.07, 6.45) is -1.57. The number of aliphatic hydroxyl groups excluding tert-OH is 1. The molecule has 1 aromatic rings. The highest BCUT2D eigenvalue weighted by atomic mass is 19.1. The summed E-state index contributed by atoms with van der Waals surface area (Å²) < 4.78 is 31.9. The Morgan fingerprint density at radius 1 is 1.25 bits per heavy atom. The second-order valence-electron chi connectivity index (χ2n) is 6.61. The van der Waals surface area contributed by atoms with Gasteiger partial charge in [-0.05, 0) is 51.4 Å². The lowest BCUT2D eigenvalue weighted by molar-refractivity contribution is 0.0423. The van der Waals surface area contributed by atoms with Crippen molar-refractivity contribution in [3.05, 3.63) is 35.4 Å². The molecule has 0 aromatic heterocycles. The molecule has 7 heteroatoms. The van der Waals surface area contributed by atoms with E-state index in [4.69, 9.17) is 4.74 Å². The molecular formula is C17H26F2N2O3. The molecule has 2 atom stereocenters. The minimum atomic E-state index is -0.941. The van der Waals surface area contributed by atoms with Gasteiger partial charge < -0.3 is 20.5 Å². The third kappa shape index (κ3) is 7.70. The molecule has 1 rings (SSSR count). The van der Waals surface area contributed by atoms with Crippen LogP contribution in [0.15, 0.2) is 18.2 Å². The Balaban J connectivity index is 2.85. The van der Waals surface area contributed by atoms with Gasteiger partial charge in [0.2, 0.25) is 0 Å². The molecule has 0 radical (unpaired) electrons. The molecule has 0 spiro atoms. The van der Waals surface area contributed by atoms with E-state index in [-0.39, 0.29) is 13.0 Å². The first-order valence-corrected chi connectivity index (χ1v) is 7.94. The van der Waals surface area contributed by atoms with E-state index >= 15 is 0 Å². The fourth-order valence-corrected chi connectivity index (χ4v) is 2.16. The molecule has 0 aliphatic rings. The van der Waals surface area contributed by atoms with Crippen LogP contribution < -0.4 is 10.6 Å². The fraction of sp³-hybridized carbons (Fsp3) is 0.588. The van der Waals surface area contributed by atoms with Gasteiger partial charge in [0.25, 0.3) is 0 Å². The van der Waals surface area contributed by atoms with Crippen molar-refractivity contribution in [3.8, 4) is 0 Å². The molecule has 0 fully saturated rings. The highest BCUT2D eigenvalue weighted by Gasteiger charge is 2.25. The van der Waals surface area contributed by atoms with E-state index in [1.165, 1.54) is 12.1 Å². The summed E-state index contributed by atoms with van der Waals surface area (Å²) in [7, 11) is 0. The maximum absolute atomic E-state index is 13.3. The number of nitrogens with one attached hydrogen (secondary N) is 2. The van der Waals surface area contributed by atoms with Gasteiger partial charge >= 0.3 is 6.09 Å². The van der Waals surface area contributed by atoms with Crippen LogP contribution in [0.1, 0.15) is 33.3 Å². The topological polar surface area (TPSA) is 70.6 Å². The first-order valence-electron chi connectivity index (χ1n) is 7.94. The summed E-state index contributed by atoms with van der Waals surface area (Å²) in [5.74, 6) is -1.41. The number of alkyl carbamates (subject to hydrolysis) is 1. The Hall–Kier alpha value is -1.73. The SMILES string of the molecule is CCNC[C@@H](O)[C@H](Cc1cc(F)cc(F)c1)NC(=O)OC(C)(C)C. The summed E-state index contributed by atoms with van der Waals surface area (Å²) in [6.45, 7) is 7.92. The number of hydrogen-bond donors (Lipinski definition) is 3. The molecule has 3 N–H and O–H groups in total. The third-order valence-electron chi connectivity index (χ3n) is 3.15. The minimum absolute atomic E-state index is 0.0699. The average molecular weight is 344 g/mol. The number of benzene rings is 1. The second kappa shape index (κ2) is 8.94. The quantitative estimate of drug-likeness (QED) is 0.710. The molecule has 0 saturated carbocycles. The molecule has 5 nitrogen and oxygen atoms in total. The molecule has 0 bridgehead atoms. The number of ether oxygens (including phenoxy) is 1. The highest BCUT2D eigenvalue weighted by Crippen LogP contribution is 2.13. The van der Waals surface area contributed by atoms with Gasteiger partial charge in [0.1, 0.15) is 17.2 Å². The number of likely N-dealkylation sites (N-methyl/N-ethyl adjacent to an activating group) is 1. The van der Waals surface area contributed by atoms with Crippen LogP contribution in [-0.4, -0.2) is 42.0 Å². The largest absolute Gasteiger partial charge is 0.444 e. The molecule has 24 heavy (non-hydrogen) atoms. The van der Waals surface area contributed by atoms with Crippen molar-refractivity contribution in [1.29, 1.82) is 0 Å². The third-order valence-corrected chi connectivity index (χ3v) is 3.15. The van der Waals surface area contributed by atoms with Crippen molar-refractivity contribution in [2.45, 2.75) is 51.9 Å². The number of carbonyl (C=O) groups is 1. The first kappa shape index (κ1) is 20.3. The van der Waals surface area contributed by atoms with Crippen molar-refractivity contribution < 1.29 is 23.4 Å². The molecular weight excluding hydrogens is 318 g/mol. The second-order valence-corrected chi connectivity index (χ2v) is 6.61. The van der Waals surface area contributed by atoms with E-state index in [1.807, 2.05) is 6.92 Å². The summed E-state index contributed by atoms with van der Waals surface area (Å²) in [5.41, 5.74) is -0.351. The lowest BCUT2D eigenvalue weighted by Crippen LogP contribution is -2.50. The van der Waals surface area contributed by atoms with Crippen LogP contribution in [-0.2, 0) is 11.2 Å². The van der Waals surface area contributed by atoms with Gasteiger partial charge in [0, 0.05) is 12.6 Å². The number of aliphatic hydroxyl groups is 1. The first-order chi connectivity index (χ1) is 11.1. The van der Waals surface area contributed by atoms with Crippen LogP contribution in [0.3, 0.4) is 0 Å². The standard InChI is InChI=1S/C17H26F2N2O3/c1-5-20-10-15(22)14(21-16(23)24-17(2,3)4)8-11-6-12(18)9-13(19)7-11/h6-7,9,14-15,20,22H,5,8,10H2,1-4H3,(H,21,23)/t14-,15+/m0/s1. The molecule has 0 saturated heterocycles. The van der Waals surface area contributed by atoms with Gasteiger partial charge in [-0.1, -0.05) is 6.92 Å². The molecule has 0 aliphatic heterocycles. The van der Waals surface area contributed by atoms with E-state index < -0.39 is 35.5 Å². The summed E-state index contributed by atoms with van der Waals surface area (Å²) in [4.78, 5) is 12.0. The van der Waals surface area contributed by atoms with E-state index in [0.717, 1.165) is 6.07 Å². The van der Waals surface area contributed by atoms with E-state index in [2.05, 4.69) is 10.6 Å². The van der Waals surface area contributed by atoms with Crippen LogP contribution in [0.25, 0.3) is 0 Å². The van der Waals surface area contributed by atoms with E-state index in [9.17, 15) is 18.7 Å². The predicted octanol–water partition coefficient (Wildman–Crippen LogP) is 2.37. The normalized spacial score (nSPS) is 14.1. The molecule has 0 unspecified atom stereocenters. The van der Waals surface area contributed by atoms with Crippen molar-refractivity contribution in [2.75, 3.05) is 13.1 Å². The Kier molecular flexibility index (Phi) is 7.57. The van der Waals surface area contributed by atoms with Gasteiger partial charge in [-0.15, -0.1) is 0 Å². The number of hydrogen-bond acceptors (Lipinski definition) is 4. The number of halogens is 2. The van der Waals surface area contributed by atoms with E-state index in [0.29, 0.717) is 12.1 Å². The van der Waals surface area contributed by atoms with Crippen LogP contribution in [0.2, 0.25) is 0 Å². The fourth-order valence-electron chi connectivity index (χ4n) is 2.16. The summed E-state index contributed by atoms with van der Waals surface area (Å²) in [6, 6.07) is 2.37. The average Bonchev–Trinajstić information content (AvgIpc) is 2.40. The molecule has 136 valence electrons. The van der Waals surface area contributed by atoms with Gasteiger partial charge in [-0.3, -0.25) is 0 Å². The molecule has 1 aromatic carbocycles. The van der Waals surface area contributed by atoms with Crippen LogP contribution in [0, 0.1) is 11.6 Å². The van der Waals surface area contributed by atoms with E-state index in [1.54, 1.807) is 20.8 Å². The molecule has 0 aliphatic carbocycles. The van der Waals surface area contributed by atoms with Crippen LogP contribution >= 0.6 is 0 Å². The van der Waals surface area contributed by atoms with Crippen molar-refractivity contribution in [3.63, 3.8) is 0 Å². The van der Waals surface area contributed by atoms with Gasteiger partial charge in [0.15, 0.2) is 0 Å². The Morgan fingerprint density at radius 3 is 2.33 bits per heavy atom. The molecule has 0 heterocycles. The number of rotatable bonds is 7. The lowest BCUT2D eigenvalue weighted by atomic mass is 10.0. The van der Waals surface area contributed by atoms with Crippen LogP contribution in [0.4, 0.5) is 13.6 Å². The lowest BCUT2D eigenvalue weighted by Gasteiger charge is -2.27. The maximum atomic E-state index is 13.3. The van der Waals surface area contributed by atoms with Gasteiger partial charge in [-0.25, -0.2) is 13.6 Å². The Morgan fingerprint density at radius 2 is 1.83 bits per heavy atom. The van der Waals surface area contributed by atoms with Gasteiger partial charge in [-0.2, -0.15) is 0 Å². The summed E-state index contributed by atoms with van der Waals surface area (Å²) >= 11 is 0. The predicted molar refractivity (Wildman–Crippen MR) is 87.8 cm³/mol. The monoisotopic (exact) mass is 344 g/mol.